The summed E-state index contributed by atoms with van der Waals surface area (Å²) in [7, 11) is 0. The Hall–Kier alpha value is -3.58. The van der Waals surface area contributed by atoms with Gasteiger partial charge in [-0.3, -0.25) is 15.0 Å². The highest BCUT2D eigenvalue weighted by Gasteiger charge is 2.41. The zero-order valence-corrected chi connectivity index (χ0v) is 16.2. The summed E-state index contributed by atoms with van der Waals surface area (Å²) in [6.07, 6.45) is 1.59. The molecule has 7 heteroatoms. The van der Waals surface area contributed by atoms with Gasteiger partial charge in [0.2, 0.25) is 5.78 Å². The Kier molecular flexibility index (Phi) is 5.58. The van der Waals surface area contributed by atoms with E-state index in [1.165, 1.54) is 11.3 Å². The van der Waals surface area contributed by atoms with E-state index in [4.69, 9.17) is 0 Å². The first-order chi connectivity index (χ1) is 14.2. The smallest absolute Gasteiger partial charge is 0.265 e. The minimum atomic E-state index is -0.736. The number of Topliss-reactive ketones (excluding diaryl/α,β-unsaturated/α-hetero) is 1. The summed E-state index contributed by atoms with van der Waals surface area (Å²) in [5.41, 5.74) is 7.06. The number of amides is 1. The molecule has 0 bridgehead atoms. The third-order valence-electron chi connectivity index (χ3n) is 4.57. The first kappa shape index (κ1) is 18.8. The highest BCUT2D eigenvalue weighted by Crippen LogP contribution is 2.28. The molecule has 0 radical (unpaired) electrons. The third-order valence-corrected chi connectivity index (χ3v) is 5.38. The molecule has 2 heterocycles. The lowest BCUT2D eigenvalue weighted by molar-refractivity contribution is -0.123. The summed E-state index contributed by atoms with van der Waals surface area (Å²) in [4.78, 5) is 26.8. The molecule has 1 aliphatic rings. The van der Waals surface area contributed by atoms with Crippen LogP contribution >= 0.6 is 11.3 Å². The molecular weight excluding hydrogens is 384 g/mol. The predicted molar refractivity (Wildman–Crippen MR) is 114 cm³/mol. The Morgan fingerprint density at radius 2 is 1.72 bits per heavy atom. The van der Waals surface area contributed by atoms with Crippen molar-refractivity contribution >= 4 is 35.0 Å². The molecule has 6 nitrogen and oxygen atoms in total. The fourth-order valence-corrected chi connectivity index (χ4v) is 3.77. The molecule has 2 N–H and O–H groups in total. The van der Waals surface area contributed by atoms with Gasteiger partial charge in [0.25, 0.3) is 5.91 Å². The highest BCUT2D eigenvalue weighted by molar-refractivity contribution is 7.11. The van der Waals surface area contributed by atoms with Crippen LogP contribution < -0.4 is 10.9 Å². The fourth-order valence-electron chi connectivity index (χ4n) is 3.18. The van der Waals surface area contributed by atoms with E-state index in [9.17, 15) is 9.59 Å². The maximum Gasteiger partial charge on any atom is 0.265 e. The van der Waals surface area contributed by atoms with Gasteiger partial charge in [0.15, 0.2) is 0 Å². The zero-order chi connectivity index (χ0) is 20.1. The number of benzene rings is 2. The minimum Gasteiger partial charge on any atom is -0.296 e. The van der Waals surface area contributed by atoms with Gasteiger partial charge in [0, 0.05) is 10.4 Å². The number of carbonyl (C=O) groups is 2. The van der Waals surface area contributed by atoms with E-state index >= 15 is 0 Å². The lowest BCUT2D eigenvalue weighted by Gasteiger charge is -2.19. The van der Waals surface area contributed by atoms with Gasteiger partial charge in [-0.25, -0.2) is 5.43 Å². The van der Waals surface area contributed by atoms with Crippen LogP contribution in [-0.4, -0.2) is 29.7 Å². The molecule has 2 unspecified atom stereocenters. The number of ketones is 1. The molecule has 2 aromatic carbocycles. The molecule has 1 amide bonds. The number of hydrogen-bond acceptors (Lipinski definition) is 6. The molecule has 3 aromatic rings. The van der Waals surface area contributed by atoms with E-state index < -0.39 is 12.0 Å². The average molecular weight is 402 g/mol. The SMILES string of the molecule is O=C(C1=NNC(C(=O)N/N=C\c2cccs2)C1c1ccccc1)c1ccccc1. The normalized spacial score (nSPS) is 18.3. The molecule has 0 aliphatic carbocycles. The average Bonchev–Trinajstić information content (AvgIpc) is 3.44. The van der Waals surface area contributed by atoms with Crippen LogP contribution in [0.3, 0.4) is 0 Å². The van der Waals surface area contributed by atoms with E-state index in [2.05, 4.69) is 21.1 Å². The van der Waals surface area contributed by atoms with Crippen LogP contribution in [-0.2, 0) is 4.79 Å². The number of nitrogens with one attached hydrogen (secondary N) is 2. The van der Waals surface area contributed by atoms with Crippen LogP contribution in [0.2, 0.25) is 0 Å². The standard InChI is InChI=1S/C22H18N4O2S/c27-21(16-10-5-2-6-11-16)19-18(15-8-3-1-4-9-15)20(25-24-19)22(28)26-23-14-17-12-7-13-29-17/h1-14,18,20,25H,(H,26,28)/b23-14-. The summed E-state index contributed by atoms with van der Waals surface area (Å²) < 4.78 is 0. The first-order valence-electron chi connectivity index (χ1n) is 9.08. The Balaban J connectivity index is 1.58. The summed E-state index contributed by atoms with van der Waals surface area (Å²) in [6, 6.07) is 21.4. The van der Waals surface area contributed by atoms with Gasteiger partial charge < -0.3 is 0 Å². The van der Waals surface area contributed by atoms with Gasteiger partial charge in [-0.05, 0) is 17.0 Å². The Bertz CT molecular complexity index is 1050. The van der Waals surface area contributed by atoms with Crippen molar-refractivity contribution in [2.45, 2.75) is 12.0 Å². The highest BCUT2D eigenvalue weighted by atomic mass is 32.1. The fraction of sp³-hybridized carbons (Fsp3) is 0.0909. The van der Waals surface area contributed by atoms with Gasteiger partial charge in [0.1, 0.15) is 11.8 Å². The molecule has 4 rings (SSSR count). The van der Waals surface area contributed by atoms with Gasteiger partial charge in [-0.2, -0.15) is 10.2 Å². The van der Waals surface area contributed by atoms with Crippen molar-refractivity contribution in [3.05, 3.63) is 94.2 Å². The van der Waals surface area contributed by atoms with Crippen molar-refractivity contribution in [1.82, 2.24) is 10.9 Å². The second-order valence-electron chi connectivity index (χ2n) is 6.44. The largest absolute Gasteiger partial charge is 0.296 e. The number of thiophene rings is 1. The van der Waals surface area contributed by atoms with Gasteiger partial charge in [-0.15, -0.1) is 11.3 Å². The van der Waals surface area contributed by atoms with E-state index in [0.29, 0.717) is 11.3 Å². The zero-order valence-electron chi connectivity index (χ0n) is 15.4. The van der Waals surface area contributed by atoms with Crippen molar-refractivity contribution in [2.75, 3.05) is 0 Å². The number of rotatable bonds is 6. The van der Waals surface area contributed by atoms with Crippen molar-refractivity contribution < 1.29 is 9.59 Å². The topological polar surface area (TPSA) is 82.9 Å². The van der Waals surface area contributed by atoms with Crippen LogP contribution in [0.1, 0.15) is 26.7 Å². The predicted octanol–water partition coefficient (Wildman–Crippen LogP) is 3.19. The Morgan fingerprint density at radius 3 is 2.41 bits per heavy atom. The molecule has 0 spiro atoms. The Labute approximate surface area is 172 Å². The van der Waals surface area contributed by atoms with Crippen LogP contribution in [0.4, 0.5) is 0 Å². The second kappa shape index (κ2) is 8.62. The Morgan fingerprint density at radius 1 is 1.00 bits per heavy atom. The first-order valence-corrected chi connectivity index (χ1v) is 9.96. The maximum absolute atomic E-state index is 13.0. The maximum atomic E-state index is 13.0. The molecule has 1 aliphatic heterocycles. The molecule has 0 fully saturated rings. The van der Waals surface area contributed by atoms with E-state index in [0.717, 1.165) is 10.4 Å². The summed E-state index contributed by atoms with van der Waals surface area (Å²) in [5.74, 6) is -1.07. The van der Waals surface area contributed by atoms with Crippen molar-refractivity contribution in [3.63, 3.8) is 0 Å². The molecule has 29 heavy (non-hydrogen) atoms. The van der Waals surface area contributed by atoms with Crippen molar-refractivity contribution in [3.8, 4) is 0 Å². The van der Waals surface area contributed by atoms with Crippen LogP contribution in [0.5, 0.6) is 0 Å². The quantitative estimate of drug-likeness (QED) is 0.377. The monoisotopic (exact) mass is 402 g/mol. The second-order valence-corrected chi connectivity index (χ2v) is 7.42. The molecule has 144 valence electrons. The summed E-state index contributed by atoms with van der Waals surface area (Å²) >= 11 is 1.52. The number of hydrazone groups is 2. The molecule has 2 atom stereocenters. The van der Waals surface area contributed by atoms with Gasteiger partial charge in [-0.1, -0.05) is 66.7 Å². The van der Waals surface area contributed by atoms with E-state index in [-0.39, 0.29) is 11.7 Å². The lowest BCUT2D eigenvalue weighted by atomic mass is 9.85. The summed E-state index contributed by atoms with van der Waals surface area (Å²) in [5, 5.41) is 10.2. The van der Waals surface area contributed by atoms with Crippen LogP contribution in [0.15, 0.2) is 88.4 Å². The summed E-state index contributed by atoms with van der Waals surface area (Å²) in [6.45, 7) is 0. The molecule has 1 aromatic heterocycles. The number of hydrogen-bond donors (Lipinski definition) is 2. The van der Waals surface area contributed by atoms with Crippen molar-refractivity contribution in [2.24, 2.45) is 10.2 Å². The van der Waals surface area contributed by atoms with E-state index in [1.54, 1.807) is 30.5 Å². The van der Waals surface area contributed by atoms with Crippen LogP contribution in [0, 0.1) is 0 Å². The number of carbonyl (C=O) groups excluding carboxylic acids is 2. The van der Waals surface area contributed by atoms with Gasteiger partial charge >= 0.3 is 0 Å². The number of nitrogens with zero attached hydrogens (tertiary/aromatic N) is 2. The molecule has 0 saturated carbocycles. The third kappa shape index (κ3) is 4.14. The lowest BCUT2D eigenvalue weighted by Crippen LogP contribution is -2.43. The van der Waals surface area contributed by atoms with Gasteiger partial charge in [0.05, 0.1) is 12.1 Å². The van der Waals surface area contributed by atoms with E-state index in [1.807, 2.05) is 53.9 Å². The molecular formula is C22H18N4O2S. The van der Waals surface area contributed by atoms with Crippen LogP contribution in [0.25, 0.3) is 0 Å². The minimum absolute atomic E-state index is 0.204. The molecule has 0 saturated heterocycles. The van der Waals surface area contributed by atoms with Crippen molar-refractivity contribution in [1.29, 1.82) is 0 Å².